The summed E-state index contributed by atoms with van der Waals surface area (Å²) in [6.07, 6.45) is 0.264. The summed E-state index contributed by atoms with van der Waals surface area (Å²) in [5.74, 6) is -1.31. The number of nitrogens with zero attached hydrogens (tertiary/aromatic N) is 2. The minimum Gasteiger partial charge on any atom is -0.442 e. The Labute approximate surface area is 183 Å². The van der Waals surface area contributed by atoms with Crippen LogP contribution >= 0.6 is 0 Å². The van der Waals surface area contributed by atoms with E-state index < -0.39 is 23.9 Å². The molecule has 0 unspecified atom stereocenters. The molecule has 3 rings (SSSR count). The minimum atomic E-state index is -0.617. The normalized spacial score (nSPS) is 15.2. The zero-order valence-electron chi connectivity index (χ0n) is 17.5. The zero-order valence-corrected chi connectivity index (χ0v) is 17.5. The number of carbonyl (C=O) groups excluding carboxylic acids is 4. The Hall–Kier alpha value is -4.02. The lowest BCUT2D eigenvalue weighted by atomic mass is 10.1. The lowest BCUT2D eigenvalue weighted by Crippen LogP contribution is -2.33. The fraction of sp³-hybridized carbons (Fsp3) is 0.286. The zero-order chi connectivity index (χ0) is 23.3. The van der Waals surface area contributed by atoms with E-state index in [9.17, 15) is 23.6 Å². The van der Waals surface area contributed by atoms with Gasteiger partial charge >= 0.3 is 6.09 Å². The average Bonchev–Trinajstić information content (AvgIpc) is 3.12. The van der Waals surface area contributed by atoms with E-state index >= 15 is 0 Å². The highest BCUT2D eigenvalue weighted by Gasteiger charge is 2.32. The van der Waals surface area contributed by atoms with Gasteiger partial charge in [0.2, 0.25) is 17.7 Å². The highest BCUT2D eigenvalue weighted by Crippen LogP contribution is 2.29. The molecule has 0 aliphatic carbocycles. The van der Waals surface area contributed by atoms with Gasteiger partial charge in [0, 0.05) is 31.2 Å². The number of ether oxygens (including phenoxy) is 1. The molecule has 3 N–H and O–H groups in total. The van der Waals surface area contributed by atoms with Gasteiger partial charge in [-0.3, -0.25) is 19.3 Å². The topological polar surface area (TPSA) is 130 Å². The van der Waals surface area contributed by atoms with Crippen molar-refractivity contribution < 1.29 is 28.3 Å². The number of anilines is 2. The molecule has 2 aromatic rings. The van der Waals surface area contributed by atoms with Crippen LogP contribution in [0.4, 0.5) is 20.7 Å². The Morgan fingerprint density at radius 1 is 1.16 bits per heavy atom. The molecule has 4 amide bonds. The van der Waals surface area contributed by atoms with Crippen LogP contribution in [0.15, 0.2) is 36.5 Å². The Bertz CT molecular complexity index is 1040. The van der Waals surface area contributed by atoms with Crippen LogP contribution in [0.3, 0.4) is 0 Å². The average molecular weight is 443 g/mol. The number of hydrogen-bond acceptors (Lipinski definition) is 6. The van der Waals surface area contributed by atoms with Gasteiger partial charge in [-0.2, -0.15) is 0 Å². The van der Waals surface area contributed by atoms with Crippen LogP contribution in [0.5, 0.6) is 0 Å². The summed E-state index contributed by atoms with van der Waals surface area (Å²) in [6.45, 7) is 2.85. The first-order valence-electron chi connectivity index (χ1n) is 9.76. The molecule has 0 radical (unpaired) electrons. The molecule has 1 fully saturated rings. The first kappa shape index (κ1) is 22.7. The van der Waals surface area contributed by atoms with Gasteiger partial charge in [0.05, 0.1) is 25.3 Å². The SMILES string of the molecule is CC(=O)NCC(=O)Nc1ccc(-c2ccc(N3C[C@H](CNC(C)=O)OC3=O)cc2F)cn1. The standard InChI is InChI=1S/C21H22FN5O5/c1-12(28)23-9-16-11-27(21(31)32-16)15-4-5-17(18(22)7-15)14-3-6-19(25-8-14)26-20(30)10-24-13(2)29/h3-8,16H,9-11H2,1-2H3,(H,23,28)(H,24,29)(H,25,26,30)/t16-/m0/s1. The van der Waals surface area contributed by atoms with Gasteiger partial charge in [-0.1, -0.05) is 0 Å². The van der Waals surface area contributed by atoms with Crippen molar-refractivity contribution in [1.29, 1.82) is 0 Å². The number of carbonyl (C=O) groups is 4. The van der Waals surface area contributed by atoms with Crippen molar-refractivity contribution in [1.82, 2.24) is 15.6 Å². The molecule has 0 saturated carbocycles. The maximum Gasteiger partial charge on any atom is 0.414 e. The monoisotopic (exact) mass is 443 g/mol. The third kappa shape index (κ3) is 5.78. The summed E-state index contributed by atoms with van der Waals surface area (Å²) in [7, 11) is 0. The van der Waals surface area contributed by atoms with Crippen LogP contribution in [0.1, 0.15) is 13.8 Å². The van der Waals surface area contributed by atoms with Gasteiger partial charge in [-0.15, -0.1) is 0 Å². The highest BCUT2D eigenvalue weighted by molar-refractivity contribution is 5.93. The maximum atomic E-state index is 14.8. The van der Waals surface area contributed by atoms with Crippen molar-refractivity contribution >= 4 is 35.3 Å². The van der Waals surface area contributed by atoms with Crippen molar-refractivity contribution in [3.63, 3.8) is 0 Å². The third-order valence-corrected chi connectivity index (χ3v) is 4.56. The van der Waals surface area contributed by atoms with Gasteiger partial charge < -0.3 is 20.7 Å². The predicted molar refractivity (Wildman–Crippen MR) is 113 cm³/mol. The van der Waals surface area contributed by atoms with Crippen LogP contribution in [-0.2, 0) is 19.1 Å². The van der Waals surface area contributed by atoms with Gasteiger partial charge in [-0.25, -0.2) is 14.2 Å². The summed E-state index contributed by atoms with van der Waals surface area (Å²) < 4.78 is 20.0. The lowest BCUT2D eigenvalue weighted by molar-refractivity contribution is -0.122. The molecular formula is C21H22FN5O5. The second-order valence-corrected chi connectivity index (χ2v) is 7.11. The molecule has 1 atom stereocenters. The minimum absolute atomic E-state index is 0.178. The van der Waals surface area contributed by atoms with E-state index in [0.717, 1.165) is 0 Å². The molecular weight excluding hydrogens is 421 g/mol. The molecule has 10 nitrogen and oxygen atoms in total. The Balaban J connectivity index is 1.66. The van der Waals surface area contributed by atoms with Crippen LogP contribution in [0.2, 0.25) is 0 Å². The number of aromatic nitrogens is 1. The quantitative estimate of drug-likeness (QED) is 0.594. The van der Waals surface area contributed by atoms with Crippen LogP contribution in [0, 0.1) is 5.82 Å². The molecule has 11 heteroatoms. The van der Waals surface area contributed by atoms with Gasteiger partial charge in [0.15, 0.2) is 0 Å². The molecule has 168 valence electrons. The van der Waals surface area contributed by atoms with E-state index in [1.165, 1.54) is 43.1 Å². The number of halogens is 1. The first-order valence-corrected chi connectivity index (χ1v) is 9.76. The van der Waals surface area contributed by atoms with E-state index in [0.29, 0.717) is 11.3 Å². The number of nitrogens with one attached hydrogen (secondary N) is 3. The van der Waals surface area contributed by atoms with Crippen LogP contribution < -0.4 is 20.9 Å². The highest BCUT2D eigenvalue weighted by atomic mass is 19.1. The van der Waals surface area contributed by atoms with Crippen LogP contribution in [-0.4, -0.2) is 54.5 Å². The Morgan fingerprint density at radius 2 is 1.91 bits per heavy atom. The van der Waals surface area contributed by atoms with E-state index in [-0.39, 0.29) is 42.8 Å². The number of hydrogen-bond donors (Lipinski definition) is 3. The van der Waals surface area contributed by atoms with Crippen molar-refractivity contribution in [3.05, 3.63) is 42.3 Å². The van der Waals surface area contributed by atoms with Gasteiger partial charge in [0.1, 0.15) is 17.7 Å². The molecule has 0 spiro atoms. The Kier molecular flexibility index (Phi) is 6.98. The summed E-state index contributed by atoms with van der Waals surface area (Å²) in [5, 5.41) is 7.47. The fourth-order valence-electron chi connectivity index (χ4n) is 3.02. The molecule has 1 aromatic carbocycles. The molecule has 1 aliphatic heterocycles. The molecule has 1 saturated heterocycles. The third-order valence-electron chi connectivity index (χ3n) is 4.56. The second-order valence-electron chi connectivity index (χ2n) is 7.11. The van der Waals surface area contributed by atoms with Crippen molar-refractivity contribution in [2.75, 3.05) is 29.9 Å². The predicted octanol–water partition coefficient (Wildman–Crippen LogP) is 1.42. The first-order chi connectivity index (χ1) is 15.2. The van der Waals surface area contributed by atoms with E-state index in [1.807, 2.05) is 0 Å². The number of amides is 4. The van der Waals surface area contributed by atoms with Crippen molar-refractivity contribution in [2.24, 2.45) is 0 Å². The van der Waals surface area contributed by atoms with E-state index in [1.54, 1.807) is 12.1 Å². The van der Waals surface area contributed by atoms with E-state index in [2.05, 4.69) is 20.9 Å². The summed E-state index contributed by atoms with van der Waals surface area (Å²) in [6, 6.07) is 7.43. The molecule has 2 heterocycles. The molecule has 1 aliphatic rings. The number of pyridine rings is 1. The molecule has 32 heavy (non-hydrogen) atoms. The molecule has 1 aromatic heterocycles. The Morgan fingerprint density at radius 3 is 2.53 bits per heavy atom. The van der Waals surface area contributed by atoms with E-state index in [4.69, 9.17) is 4.74 Å². The van der Waals surface area contributed by atoms with Gasteiger partial charge in [-0.05, 0) is 30.3 Å². The largest absolute Gasteiger partial charge is 0.442 e. The fourth-order valence-corrected chi connectivity index (χ4v) is 3.02. The smallest absolute Gasteiger partial charge is 0.414 e. The lowest BCUT2D eigenvalue weighted by Gasteiger charge is -2.14. The summed E-state index contributed by atoms with van der Waals surface area (Å²) in [5.41, 5.74) is 1.07. The maximum absolute atomic E-state index is 14.8. The number of benzene rings is 1. The summed E-state index contributed by atoms with van der Waals surface area (Å²) >= 11 is 0. The van der Waals surface area contributed by atoms with Crippen molar-refractivity contribution in [3.8, 4) is 11.1 Å². The van der Waals surface area contributed by atoms with Crippen molar-refractivity contribution in [2.45, 2.75) is 20.0 Å². The number of cyclic esters (lactones) is 1. The molecule has 0 bridgehead atoms. The van der Waals surface area contributed by atoms with Crippen LogP contribution in [0.25, 0.3) is 11.1 Å². The number of rotatable bonds is 7. The second kappa shape index (κ2) is 9.86. The van der Waals surface area contributed by atoms with Gasteiger partial charge in [0.25, 0.3) is 0 Å². The summed E-state index contributed by atoms with van der Waals surface area (Å²) in [4.78, 5) is 51.1.